The molecule has 0 fully saturated rings. The molecule has 0 atom stereocenters. The van der Waals surface area contributed by atoms with Crippen LogP contribution < -0.4 is 14.8 Å². The van der Waals surface area contributed by atoms with Crippen LogP contribution in [0.15, 0.2) is 47.4 Å². The fourth-order valence-electron chi connectivity index (χ4n) is 2.53. The van der Waals surface area contributed by atoms with Crippen LogP contribution in [-0.4, -0.2) is 20.9 Å². The predicted octanol–water partition coefficient (Wildman–Crippen LogP) is 2.94. The minimum Gasteiger partial charge on any atom is -0.482 e. The summed E-state index contributed by atoms with van der Waals surface area (Å²) in [6.07, 6.45) is 0. The molecule has 0 saturated carbocycles. The molecular weight excluding hydrogens is 328 g/mol. The van der Waals surface area contributed by atoms with Crippen molar-refractivity contribution in [3.05, 3.63) is 48.0 Å². The zero-order valence-electron chi connectivity index (χ0n) is 13.4. The van der Waals surface area contributed by atoms with Gasteiger partial charge in [0.15, 0.2) is 6.61 Å². The monoisotopic (exact) mass is 346 g/mol. The number of carbonyl (C=O) groups excluding carboxylic acids is 1. The summed E-state index contributed by atoms with van der Waals surface area (Å²) >= 11 is 0. The zero-order chi connectivity index (χ0) is 17.3. The highest BCUT2D eigenvalue weighted by Crippen LogP contribution is 2.31. The SMILES string of the molecule is CC(C)c1ccccc1NS(=O)(=O)c1ccc2c(c1)NC(=O)CO2. The zero-order valence-corrected chi connectivity index (χ0v) is 14.2. The number of anilines is 2. The van der Waals surface area contributed by atoms with Crippen molar-refractivity contribution >= 4 is 27.3 Å². The normalized spacial score (nSPS) is 13.9. The summed E-state index contributed by atoms with van der Waals surface area (Å²) < 4.78 is 33.2. The molecule has 1 heterocycles. The lowest BCUT2D eigenvalue weighted by Gasteiger charge is -2.19. The van der Waals surface area contributed by atoms with Crippen LogP contribution in [0.3, 0.4) is 0 Å². The van der Waals surface area contributed by atoms with Gasteiger partial charge in [-0.15, -0.1) is 0 Å². The Morgan fingerprint density at radius 2 is 1.92 bits per heavy atom. The summed E-state index contributed by atoms with van der Waals surface area (Å²) in [6.45, 7) is 3.93. The maximum absolute atomic E-state index is 12.7. The Morgan fingerprint density at radius 1 is 1.17 bits per heavy atom. The molecule has 126 valence electrons. The van der Waals surface area contributed by atoms with E-state index in [0.29, 0.717) is 17.1 Å². The standard InChI is InChI=1S/C17H18N2O4S/c1-11(2)13-5-3-4-6-14(13)19-24(21,22)12-7-8-16-15(9-12)18-17(20)10-23-16/h3-9,11,19H,10H2,1-2H3,(H,18,20). The summed E-state index contributed by atoms with van der Waals surface area (Å²) in [5, 5.41) is 2.61. The molecule has 2 N–H and O–H groups in total. The van der Waals surface area contributed by atoms with Gasteiger partial charge in [0.2, 0.25) is 0 Å². The summed E-state index contributed by atoms with van der Waals surface area (Å²) in [5.74, 6) is 0.325. The molecule has 0 unspecified atom stereocenters. The van der Waals surface area contributed by atoms with Gasteiger partial charge in [0.1, 0.15) is 5.75 Å². The summed E-state index contributed by atoms with van der Waals surface area (Å²) in [6, 6.07) is 11.7. The molecule has 3 rings (SSSR count). The highest BCUT2D eigenvalue weighted by molar-refractivity contribution is 7.92. The first-order valence-electron chi connectivity index (χ1n) is 7.55. The number of fused-ring (bicyclic) bond motifs is 1. The Labute approximate surface area is 140 Å². The number of benzene rings is 2. The van der Waals surface area contributed by atoms with E-state index in [0.717, 1.165) is 5.56 Å². The molecule has 1 amide bonds. The maximum Gasteiger partial charge on any atom is 0.262 e. The third-order valence-corrected chi connectivity index (χ3v) is 5.08. The molecule has 0 spiro atoms. The molecule has 0 aromatic heterocycles. The smallest absolute Gasteiger partial charge is 0.262 e. The molecule has 1 aliphatic heterocycles. The van der Waals surface area contributed by atoms with E-state index >= 15 is 0 Å². The summed E-state index contributed by atoms with van der Waals surface area (Å²) in [5.41, 5.74) is 1.81. The Bertz CT molecular complexity index is 891. The number of nitrogens with one attached hydrogen (secondary N) is 2. The Hall–Kier alpha value is -2.54. The molecule has 1 aliphatic rings. The lowest BCUT2D eigenvalue weighted by atomic mass is 10.0. The molecule has 0 bridgehead atoms. The van der Waals surface area contributed by atoms with Crippen LogP contribution in [0.4, 0.5) is 11.4 Å². The lowest BCUT2D eigenvalue weighted by Crippen LogP contribution is -2.25. The topological polar surface area (TPSA) is 84.5 Å². The van der Waals surface area contributed by atoms with Crippen molar-refractivity contribution in [2.45, 2.75) is 24.7 Å². The van der Waals surface area contributed by atoms with Crippen molar-refractivity contribution in [2.75, 3.05) is 16.6 Å². The predicted molar refractivity (Wildman–Crippen MR) is 91.9 cm³/mol. The molecule has 7 heteroatoms. The van der Waals surface area contributed by atoms with Gasteiger partial charge in [-0.3, -0.25) is 9.52 Å². The fourth-order valence-corrected chi connectivity index (χ4v) is 3.64. The number of amides is 1. The van der Waals surface area contributed by atoms with E-state index < -0.39 is 10.0 Å². The van der Waals surface area contributed by atoms with Gasteiger partial charge in [-0.05, 0) is 35.7 Å². The molecule has 0 radical (unpaired) electrons. The first-order chi connectivity index (χ1) is 11.4. The number of sulfonamides is 1. The van der Waals surface area contributed by atoms with Crippen LogP contribution in [0.1, 0.15) is 25.3 Å². The van der Waals surface area contributed by atoms with Gasteiger partial charge in [-0.1, -0.05) is 32.0 Å². The Balaban J connectivity index is 1.95. The first kappa shape index (κ1) is 16.3. The van der Waals surface area contributed by atoms with Gasteiger partial charge < -0.3 is 10.1 Å². The van der Waals surface area contributed by atoms with Crippen LogP contribution in [-0.2, 0) is 14.8 Å². The van der Waals surface area contributed by atoms with E-state index in [1.165, 1.54) is 18.2 Å². The summed E-state index contributed by atoms with van der Waals surface area (Å²) in [4.78, 5) is 11.5. The summed E-state index contributed by atoms with van der Waals surface area (Å²) in [7, 11) is -3.78. The highest BCUT2D eigenvalue weighted by Gasteiger charge is 2.22. The van der Waals surface area contributed by atoms with Crippen LogP contribution in [0.2, 0.25) is 0 Å². The number of rotatable bonds is 4. The van der Waals surface area contributed by atoms with Crippen molar-refractivity contribution in [3.63, 3.8) is 0 Å². The number of ether oxygens (including phenoxy) is 1. The van der Waals surface area contributed by atoms with Gasteiger partial charge in [0.05, 0.1) is 16.3 Å². The second-order valence-electron chi connectivity index (χ2n) is 5.84. The average molecular weight is 346 g/mol. The minimum absolute atomic E-state index is 0.0607. The molecule has 0 aliphatic carbocycles. The van der Waals surface area contributed by atoms with Crippen LogP contribution in [0.5, 0.6) is 5.75 Å². The van der Waals surface area contributed by atoms with E-state index in [2.05, 4.69) is 10.0 Å². The van der Waals surface area contributed by atoms with Crippen molar-refractivity contribution in [2.24, 2.45) is 0 Å². The molecule has 24 heavy (non-hydrogen) atoms. The Kier molecular flexibility index (Phi) is 4.19. The second kappa shape index (κ2) is 6.16. The van der Waals surface area contributed by atoms with Crippen LogP contribution in [0.25, 0.3) is 0 Å². The minimum atomic E-state index is -3.78. The van der Waals surface area contributed by atoms with Crippen LogP contribution >= 0.6 is 0 Å². The van der Waals surface area contributed by atoms with Crippen molar-refractivity contribution in [1.82, 2.24) is 0 Å². The van der Waals surface area contributed by atoms with Gasteiger partial charge >= 0.3 is 0 Å². The number of hydrogen-bond acceptors (Lipinski definition) is 4. The van der Waals surface area contributed by atoms with Gasteiger partial charge in [-0.25, -0.2) is 8.42 Å². The van der Waals surface area contributed by atoms with E-state index in [9.17, 15) is 13.2 Å². The van der Waals surface area contributed by atoms with Gasteiger partial charge in [0, 0.05) is 0 Å². The molecule has 0 saturated heterocycles. The lowest BCUT2D eigenvalue weighted by molar-refractivity contribution is -0.118. The van der Waals surface area contributed by atoms with E-state index in [-0.39, 0.29) is 23.3 Å². The van der Waals surface area contributed by atoms with Gasteiger partial charge in [0.25, 0.3) is 15.9 Å². The second-order valence-corrected chi connectivity index (χ2v) is 7.52. The highest BCUT2D eigenvalue weighted by atomic mass is 32.2. The number of carbonyl (C=O) groups is 1. The average Bonchev–Trinajstić information content (AvgIpc) is 2.54. The molecule has 2 aromatic carbocycles. The maximum atomic E-state index is 12.7. The van der Waals surface area contributed by atoms with Crippen molar-refractivity contribution in [1.29, 1.82) is 0 Å². The van der Waals surface area contributed by atoms with E-state index in [4.69, 9.17) is 4.74 Å². The molecule has 2 aromatic rings. The Morgan fingerprint density at radius 3 is 2.67 bits per heavy atom. The van der Waals surface area contributed by atoms with Gasteiger partial charge in [-0.2, -0.15) is 0 Å². The van der Waals surface area contributed by atoms with Crippen molar-refractivity contribution in [3.8, 4) is 5.75 Å². The number of hydrogen-bond donors (Lipinski definition) is 2. The molecule has 6 nitrogen and oxygen atoms in total. The van der Waals surface area contributed by atoms with Crippen molar-refractivity contribution < 1.29 is 17.9 Å². The van der Waals surface area contributed by atoms with E-state index in [1.54, 1.807) is 12.1 Å². The third-order valence-electron chi connectivity index (χ3n) is 3.72. The fraction of sp³-hybridized carbons (Fsp3) is 0.235. The number of para-hydroxylation sites is 1. The molecular formula is C17H18N2O4S. The third kappa shape index (κ3) is 3.21. The first-order valence-corrected chi connectivity index (χ1v) is 9.03. The van der Waals surface area contributed by atoms with Crippen LogP contribution in [0, 0.1) is 0 Å². The van der Waals surface area contributed by atoms with E-state index in [1.807, 2.05) is 26.0 Å². The quantitative estimate of drug-likeness (QED) is 0.891. The largest absolute Gasteiger partial charge is 0.482 e.